The van der Waals surface area contributed by atoms with Crippen LogP contribution in [0.1, 0.15) is 121 Å². The predicted molar refractivity (Wildman–Crippen MR) is 188 cm³/mol. The van der Waals surface area contributed by atoms with Crippen LogP contribution >= 0.6 is 7.82 Å². The third-order valence-electron chi connectivity index (χ3n) is 9.15. The Morgan fingerprint density at radius 3 is 1.98 bits per heavy atom. The number of phosphoric ester groups is 1. The SMILES string of the molecule is Nc1ncnc2c1ncn2[C@@H]1O[C@H](COP(=O)(O)OC(=O)CCCCCCCCCCCCCCCCCCc2ccc(O)cc2)[C@@H](O)[C@H]1O. The summed E-state index contributed by atoms with van der Waals surface area (Å²) in [5, 5.41) is 30.3. The van der Waals surface area contributed by atoms with Crippen LogP contribution in [0.5, 0.6) is 5.75 Å². The summed E-state index contributed by atoms with van der Waals surface area (Å²) in [7, 11) is -4.76. The smallest absolute Gasteiger partial charge is 0.508 e. The van der Waals surface area contributed by atoms with Crippen molar-refractivity contribution in [2.24, 2.45) is 0 Å². The number of hydrogen-bond donors (Lipinski definition) is 5. The molecule has 0 saturated carbocycles. The van der Waals surface area contributed by atoms with E-state index in [9.17, 15) is 29.6 Å². The molecule has 278 valence electrons. The summed E-state index contributed by atoms with van der Waals surface area (Å²) in [5.41, 5.74) is 7.66. The number of benzene rings is 1. The molecule has 50 heavy (non-hydrogen) atoms. The quantitative estimate of drug-likeness (QED) is 0.0511. The van der Waals surface area contributed by atoms with Crippen LogP contribution < -0.4 is 5.73 Å². The lowest BCUT2D eigenvalue weighted by Gasteiger charge is -2.17. The zero-order valence-corrected chi connectivity index (χ0v) is 29.7. The van der Waals surface area contributed by atoms with Crippen molar-refractivity contribution < 1.29 is 43.4 Å². The van der Waals surface area contributed by atoms with Gasteiger partial charge in [0.15, 0.2) is 17.7 Å². The van der Waals surface area contributed by atoms with Crippen molar-refractivity contribution in [3.05, 3.63) is 42.5 Å². The molecule has 14 nitrogen and oxygen atoms in total. The molecule has 2 aromatic heterocycles. The largest absolute Gasteiger partial charge is 0.529 e. The molecular weight excluding hydrogens is 665 g/mol. The molecule has 0 spiro atoms. The van der Waals surface area contributed by atoms with Gasteiger partial charge in [-0.15, -0.1) is 0 Å². The first kappa shape index (κ1) is 39.7. The van der Waals surface area contributed by atoms with Gasteiger partial charge in [0.05, 0.1) is 12.9 Å². The minimum atomic E-state index is -4.76. The summed E-state index contributed by atoms with van der Waals surface area (Å²) in [5.74, 6) is -0.377. The molecule has 4 rings (SSSR count). The van der Waals surface area contributed by atoms with Gasteiger partial charge in [0, 0.05) is 6.42 Å². The highest BCUT2D eigenvalue weighted by Gasteiger charge is 2.45. The number of unbranched alkanes of at least 4 members (excludes halogenated alkanes) is 15. The van der Waals surface area contributed by atoms with E-state index in [-0.39, 0.29) is 17.9 Å². The van der Waals surface area contributed by atoms with E-state index in [0.717, 1.165) is 32.1 Å². The molecule has 0 aliphatic carbocycles. The molecule has 1 fully saturated rings. The lowest BCUT2D eigenvalue weighted by atomic mass is 10.0. The maximum Gasteiger partial charge on any atom is 0.529 e. The molecule has 1 saturated heterocycles. The van der Waals surface area contributed by atoms with Crippen LogP contribution in [-0.2, 0) is 29.6 Å². The van der Waals surface area contributed by atoms with Crippen molar-refractivity contribution >= 4 is 30.8 Å². The van der Waals surface area contributed by atoms with E-state index >= 15 is 0 Å². The Morgan fingerprint density at radius 1 is 0.820 bits per heavy atom. The van der Waals surface area contributed by atoms with Gasteiger partial charge in [0.1, 0.15) is 35.9 Å². The summed E-state index contributed by atoms with van der Waals surface area (Å²) in [6.07, 6.45) is 17.1. The summed E-state index contributed by atoms with van der Waals surface area (Å²) in [4.78, 5) is 34.2. The van der Waals surface area contributed by atoms with E-state index in [4.69, 9.17) is 15.0 Å². The number of hydrogen-bond acceptors (Lipinski definition) is 12. The molecule has 1 aromatic carbocycles. The second kappa shape index (κ2) is 20.7. The molecule has 1 aliphatic heterocycles. The molecule has 3 aromatic rings. The molecule has 0 amide bonds. The second-order valence-corrected chi connectivity index (χ2v) is 14.6. The number of phosphoric acid groups is 1. The number of carbonyl (C=O) groups excluding carboxylic acids is 1. The number of ether oxygens (including phenoxy) is 1. The number of rotatable bonds is 24. The standard InChI is InChI=1S/C35H54N5O9P/c36-33-30-34(38-24-37-33)40(25-39-30)35-32(44)31(43)28(48-35)23-47-50(45,46)49-29(42)18-16-14-12-10-8-6-4-2-1-3-5-7-9-11-13-15-17-26-19-21-27(41)22-20-26/h19-22,24-25,28,31-32,35,41,43-44H,1-18,23H2,(H,45,46)(H2,36,37,38)/t28-,31-,32-,35-/m1/s1. The van der Waals surface area contributed by atoms with Gasteiger partial charge in [-0.3, -0.25) is 18.8 Å². The number of phenols is 1. The molecule has 0 radical (unpaired) electrons. The molecule has 5 atom stereocenters. The highest BCUT2D eigenvalue weighted by Crippen LogP contribution is 2.45. The van der Waals surface area contributed by atoms with E-state index in [1.54, 1.807) is 12.1 Å². The van der Waals surface area contributed by atoms with Crippen LogP contribution in [0.4, 0.5) is 5.82 Å². The van der Waals surface area contributed by atoms with Crippen LogP contribution in [0, 0.1) is 0 Å². The van der Waals surface area contributed by atoms with Crippen LogP contribution in [-0.4, -0.2) is 70.6 Å². The number of aryl methyl sites for hydroxylation is 1. The van der Waals surface area contributed by atoms with Gasteiger partial charge in [0.2, 0.25) is 0 Å². The van der Waals surface area contributed by atoms with E-state index in [1.165, 1.54) is 93.4 Å². The first-order valence-corrected chi connectivity index (χ1v) is 19.6. The Hall–Kier alpha value is -3.13. The Balaban J connectivity index is 0.945. The van der Waals surface area contributed by atoms with E-state index in [2.05, 4.69) is 19.5 Å². The number of nitrogen functional groups attached to an aromatic ring is 1. The number of aliphatic hydroxyl groups excluding tert-OH is 2. The Labute approximate surface area is 294 Å². The fraction of sp³-hybridized carbons (Fsp3) is 0.657. The number of anilines is 1. The van der Waals surface area contributed by atoms with Gasteiger partial charge in [-0.25, -0.2) is 19.5 Å². The average Bonchev–Trinajstić information content (AvgIpc) is 3.64. The fourth-order valence-corrected chi connectivity index (χ4v) is 6.99. The lowest BCUT2D eigenvalue weighted by Crippen LogP contribution is -2.33. The predicted octanol–water partition coefficient (Wildman–Crippen LogP) is 6.27. The average molecular weight is 720 g/mol. The number of imidazole rings is 1. The van der Waals surface area contributed by atoms with Crippen molar-refractivity contribution in [3.63, 3.8) is 0 Å². The van der Waals surface area contributed by atoms with Crippen molar-refractivity contribution in [3.8, 4) is 5.75 Å². The summed E-state index contributed by atoms with van der Waals surface area (Å²) >= 11 is 0. The minimum absolute atomic E-state index is 0.00422. The van der Waals surface area contributed by atoms with Gasteiger partial charge >= 0.3 is 13.8 Å². The number of aromatic nitrogens is 4. The van der Waals surface area contributed by atoms with Crippen LogP contribution in [0.3, 0.4) is 0 Å². The fourth-order valence-electron chi connectivity index (χ4n) is 6.26. The monoisotopic (exact) mass is 719 g/mol. The summed E-state index contributed by atoms with van der Waals surface area (Å²) in [6, 6.07) is 7.52. The molecule has 3 heterocycles. The van der Waals surface area contributed by atoms with Gasteiger partial charge < -0.3 is 30.3 Å². The maximum absolute atomic E-state index is 12.4. The first-order valence-electron chi connectivity index (χ1n) is 18.1. The molecule has 6 N–H and O–H groups in total. The van der Waals surface area contributed by atoms with E-state index in [1.807, 2.05) is 12.1 Å². The molecule has 15 heteroatoms. The van der Waals surface area contributed by atoms with Crippen LogP contribution in [0.15, 0.2) is 36.9 Å². The van der Waals surface area contributed by atoms with Crippen LogP contribution in [0.25, 0.3) is 11.2 Å². The van der Waals surface area contributed by atoms with Crippen LogP contribution in [0.2, 0.25) is 0 Å². The van der Waals surface area contributed by atoms with Gasteiger partial charge in [-0.05, 0) is 37.0 Å². The Kier molecular flexibility index (Phi) is 16.4. The highest BCUT2D eigenvalue weighted by atomic mass is 31.2. The maximum atomic E-state index is 12.4. The third kappa shape index (κ3) is 12.9. The Bertz CT molecular complexity index is 1490. The molecule has 0 bridgehead atoms. The zero-order valence-electron chi connectivity index (χ0n) is 28.9. The third-order valence-corrected chi connectivity index (χ3v) is 10.1. The topological polar surface area (TPSA) is 212 Å². The molecular formula is C35H54N5O9P. The number of aliphatic hydroxyl groups is 2. The van der Waals surface area contributed by atoms with E-state index in [0.29, 0.717) is 17.7 Å². The van der Waals surface area contributed by atoms with Crippen molar-refractivity contribution in [2.45, 2.75) is 140 Å². The summed E-state index contributed by atoms with van der Waals surface area (Å²) in [6.45, 7) is -0.607. The molecule has 1 unspecified atom stereocenters. The van der Waals surface area contributed by atoms with Gasteiger partial charge in [0.25, 0.3) is 0 Å². The number of aromatic hydroxyl groups is 1. The first-order chi connectivity index (χ1) is 24.1. The Morgan fingerprint density at radius 2 is 1.38 bits per heavy atom. The number of carbonyl (C=O) groups is 1. The number of phenolic OH excluding ortho intramolecular Hbond substituents is 1. The van der Waals surface area contributed by atoms with Crippen molar-refractivity contribution in [1.82, 2.24) is 19.5 Å². The number of nitrogens with zero attached hydrogens (tertiary/aromatic N) is 4. The number of nitrogens with two attached hydrogens (primary N) is 1. The second-order valence-electron chi connectivity index (χ2n) is 13.2. The van der Waals surface area contributed by atoms with Crippen molar-refractivity contribution in [1.29, 1.82) is 0 Å². The highest BCUT2D eigenvalue weighted by molar-refractivity contribution is 7.48. The minimum Gasteiger partial charge on any atom is -0.508 e. The normalized spacial score (nSPS) is 20.3. The number of fused-ring (bicyclic) bond motifs is 1. The van der Waals surface area contributed by atoms with Gasteiger partial charge in [-0.1, -0.05) is 102 Å². The van der Waals surface area contributed by atoms with Gasteiger partial charge in [-0.2, -0.15) is 0 Å². The molecule has 1 aliphatic rings. The van der Waals surface area contributed by atoms with Crippen molar-refractivity contribution in [2.75, 3.05) is 12.3 Å². The zero-order chi connectivity index (χ0) is 35.8. The lowest BCUT2D eigenvalue weighted by molar-refractivity contribution is -0.136. The summed E-state index contributed by atoms with van der Waals surface area (Å²) < 4.78 is 29.0. The van der Waals surface area contributed by atoms with E-state index < -0.39 is 44.9 Å².